The van der Waals surface area contributed by atoms with Crippen molar-refractivity contribution in [2.24, 2.45) is 0 Å². The first-order chi connectivity index (χ1) is 12.2. The molecule has 4 heteroatoms. The summed E-state index contributed by atoms with van der Waals surface area (Å²) in [5.74, 6) is -1.03. The van der Waals surface area contributed by atoms with E-state index in [-0.39, 0.29) is 6.04 Å². The largest absolute Gasteiger partial charge is 0.350 e. The van der Waals surface area contributed by atoms with Crippen molar-refractivity contribution < 1.29 is 8.78 Å². The van der Waals surface area contributed by atoms with E-state index in [1.54, 1.807) is 6.07 Å². The van der Waals surface area contributed by atoms with Gasteiger partial charge in [-0.3, -0.25) is 4.90 Å². The molecule has 1 aliphatic rings. The van der Waals surface area contributed by atoms with E-state index in [9.17, 15) is 8.78 Å². The molecule has 1 aromatic heterocycles. The molecule has 1 atom stereocenters. The first-order valence-electron chi connectivity index (χ1n) is 8.60. The smallest absolute Gasteiger partial charge is 0.131 e. The van der Waals surface area contributed by atoms with Gasteiger partial charge >= 0.3 is 0 Å². The zero-order chi connectivity index (χ0) is 17.2. The van der Waals surface area contributed by atoms with Gasteiger partial charge in [0, 0.05) is 43.2 Å². The van der Waals surface area contributed by atoms with Crippen molar-refractivity contribution in [2.45, 2.75) is 25.6 Å². The molecule has 4 rings (SSSR count). The number of nitrogens with zero attached hydrogens (tertiary/aromatic N) is 2. The van der Waals surface area contributed by atoms with Crippen LogP contribution in [-0.2, 0) is 13.1 Å². The predicted octanol–water partition coefficient (Wildman–Crippen LogP) is 4.76. The van der Waals surface area contributed by atoms with Crippen LogP contribution in [0.3, 0.4) is 0 Å². The lowest BCUT2D eigenvalue weighted by molar-refractivity contribution is 0.216. The van der Waals surface area contributed by atoms with Gasteiger partial charge in [-0.25, -0.2) is 8.78 Å². The summed E-state index contributed by atoms with van der Waals surface area (Å²) in [5, 5.41) is 0. The zero-order valence-corrected chi connectivity index (χ0v) is 13.9. The van der Waals surface area contributed by atoms with Gasteiger partial charge in [0.25, 0.3) is 0 Å². The molecular formula is C21H20F2N2. The molecule has 3 aromatic rings. The molecular weight excluding hydrogens is 318 g/mol. The first-order valence-corrected chi connectivity index (χ1v) is 8.60. The molecule has 0 radical (unpaired) electrons. The van der Waals surface area contributed by atoms with Crippen LogP contribution in [0.4, 0.5) is 8.78 Å². The third-order valence-corrected chi connectivity index (χ3v) is 4.84. The second-order valence-corrected chi connectivity index (χ2v) is 6.50. The average molecular weight is 338 g/mol. The van der Waals surface area contributed by atoms with E-state index < -0.39 is 11.6 Å². The summed E-state index contributed by atoms with van der Waals surface area (Å²) in [6.07, 6.45) is 3.03. The number of aromatic nitrogens is 1. The molecule has 0 saturated carbocycles. The van der Waals surface area contributed by atoms with Gasteiger partial charge in [-0.15, -0.1) is 0 Å². The van der Waals surface area contributed by atoms with Crippen molar-refractivity contribution in [1.82, 2.24) is 9.47 Å². The second-order valence-electron chi connectivity index (χ2n) is 6.50. The number of aryl methyl sites for hydroxylation is 1. The van der Waals surface area contributed by atoms with E-state index in [2.05, 4.69) is 21.6 Å². The summed E-state index contributed by atoms with van der Waals surface area (Å²) >= 11 is 0. The van der Waals surface area contributed by atoms with Crippen LogP contribution in [0.1, 0.15) is 29.3 Å². The quantitative estimate of drug-likeness (QED) is 0.668. The number of rotatable bonds is 3. The molecule has 128 valence electrons. The molecule has 25 heavy (non-hydrogen) atoms. The van der Waals surface area contributed by atoms with Gasteiger partial charge in [0.05, 0.1) is 6.04 Å². The van der Waals surface area contributed by atoms with E-state index in [1.165, 1.54) is 11.6 Å². The Morgan fingerprint density at radius 3 is 2.56 bits per heavy atom. The van der Waals surface area contributed by atoms with Crippen LogP contribution in [0.5, 0.6) is 0 Å². The summed E-state index contributed by atoms with van der Waals surface area (Å²) < 4.78 is 30.2. The van der Waals surface area contributed by atoms with Crippen molar-refractivity contribution in [3.8, 4) is 0 Å². The minimum atomic E-state index is -0.542. The molecule has 2 aromatic carbocycles. The summed E-state index contributed by atoms with van der Waals surface area (Å²) in [5.41, 5.74) is 2.77. The van der Waals surface area contributed by atoms with E-state index in [0.717, 1.165) is 37.8 Å². The highest BCUT2D eigenvalue weighted by atomic mass is 19.1. The van der Waals surface area contributed by atoms with E-state index in [0.29, 0.717) is 5.56 Å². The molecule has 1 aliphatic heterocycles. The Labute approximate surface area is 146 Å². The van der Waals surface area contributed by atoms with Crippen LogP contribution < -0.4 is 0 Å². The lowest BCUT2D eigenvalue weighted by atomic mass is 10.00. The lowest BCUT2D eigenvalue weighted by Crippen LogP contribution is -2.30. The SMILES string of the molecule is Fc1ccc(C2c3cccn3CCCN2Cc2ccccc2)c(F)c1. The monoisotopic (exact) mass is 338 g/mol. The summed E-state index contributed by atoms with van der Waals surface area (Å²) in [4.78, 5) is 2.28. The van der Waals surface area contributed by atoms with Crippen molar-refractivity contribution >= 4 is 0 Å². The lowest BCUT2D eigenvalue weighted by Gasteiger charge is -2.31. The van der Waals surface area contributed by atoms with E-state index in [4.69, 9.17) is 0 Å². The second kappa shape index (κ2) is 6.81. The van der Waals surface area contributed by atoms with Crippen molar-refractivity contribution in [1.29, 1.82) is 0 Å². The van der Waals surface area contributed by atoms with E-state index >= 15 is 0 Å². The fourth-order valence-electron chi connectivity index (χ4n) is 3.71. The Morgan fingerprint density at radius 1 is 0.920 bits per heavy atom. The Morgan fingerprint density at radius 2 is 1.76 bits per heavy atom. The summed E-state index contributed by atoms with van der Waals surface area (Å²) in [6, 6.07) is 17.9. The van der Waals surface area contributed by atoms with Gasteiger partial charge in [-0.1, -0.05) is 36.4 Å². The number of benzene rings is 2. The Hall–Kier alpha value is -2.46. The number of fused-ring (bicyclic) bond motifs is 1. The van der Waals surface area contributed by atoms with Gasteiger partial charge in [0.1, 0.15) is 11.6 Å². The van der Waals surface area contributed by atoms with Crippen molar-refractivity contribution in [2.75, 3.05) is 6.54 Å². The van der Waals surface area contributed by atoms with Crippen molar-refractivity contribution in [3.05, 3.63) is 95.3 Å². The van der Waals surface area contributed by atoms with Crippen LogP contribution in [0.15, 0.2) is 66.9 Å². The van der Waals surface area contributed by atoms with Crippen molar-refractivity contribution in [3.63, 3.8) is 0 Å². The molecule has 0 aliphatic carbocycles. The third-order valence-electron chi connectivity index (χ3n) is 4.84. The molecule has 1 unspecified atom stereocenters. The highest BCUT2D eigenvalue weighted by molar-refractivity contribution is 5.32. The predicted molar refractivity (Wildman–Crippen MR) is 94.1 cm³/mol. The van der Waals surface area contributed by atoms with E-state index in [1.807, 2.05) is 36.5 Å². The molecule has 0 saturated heterocycles. The molecule has 2 heterocycles. The highest BCUT2D eigenvalue weighted by Crippen LogP contribution is 2.34. The number of hydrogen-bond donors (Lipinski definition) is 0. The van der Waals surface area contributed by atoms with Crippen LogP contribution in [-0.4, -0.2) is 16.0 Å². The van der Waals surface area contributed by atoms with Crippen LogP contribution in [0.2, 0.25) is 0 Å². The summed E-state index contributed by atoms with van der Waals surface area (Å²) in [6.45, 7) is 2.50. The minimum Gasteiger partial charge on any atom is -0.350 e. The first kappa shape index (κ1) is 16.0. The van der Waals surface area contributed by atoms with Gasteiger partial charge in [0.2, 0.25) is 0 Å². The minimum absolute atomic E-state index is 0.224. The van der Waals surface area contributed by atoms with Crippen LogP contribution >= 0.6 is 0 Å². The maximum absolute atomic E-state index is 14.6. The van der Waals surface area contributed by atoms with Gasteiger partial charge in [-0.2, -0.15) is 0 Å². The number of hydrogen-bond acceptors (Lipinski definition) is 1. The molecule has 0 fully saturated rings. The number of halogens is 2. The Bertz CT molecular complexity index is 857. The highest BCUT2D eigenvalue weighted by Gasteiger charge is 2.29. The molecule has 2 nitrogen and oxygen atoms in total. The summed E-state index contributed by atoms with van der Waals surface area (Å²) in [7, 11) is 0. The molecule has 0 N–H and O–H groups in total. The Balaban J connectivity index is 1.78. The molecule has 0 bridgehead atoms. The van der Waals surface area contributed by atoms with Gasteiger partial charge < -0.3 is 4.57 Å². The van der Waals surface area contributed by atoms with Gasteiger partial charge in [-0.05, 0) is 30.2 Å². The molecule has 0 spiro atoms. The fourth-order valence-corrected chi connectivity index (χ4v) is 3.71. The topological polar surface area (TPSA) is 8.17 Å². The fraction of sp³-hybridized carbons (Fsp3) is 0.238. The normalized spacial score (nSPS) is 17.9. The standard InChI is InChI=1S/C21H20F2N2/c22-17-9-10-18(19(23)14-17)21-20-8-4-11-24(20)12-5-13-25(21)15-16-6-2-1-3-7-16/h1-4,6-11,14,21H,5,12-13,15H2. The third kappa shape index (κ3) is 3.22. The maximum atomic E-state index is 14.6. The zero-order valence-electron chi connectivity index (χ0n) is 13.9. The van der Waals surface area contributed by atoms with Crippen LogP contribution in [0, 0.1) is 11.6 Å². The van der Waals surface area contributed by atoms with Gasteiger partial charge in [0.15, 0.2) is 0 Å². The average Bonchev–Trinajstić information content (AvgIpc) is 2.99. The Kier molecular flexibility index (Phi) is 4.36. The van der Waals surface area contributed by atoms with Crippen LogP contribution in [0.25, 0.3) is 0 Å². The molecule has 0 amide bonds. The maximum Gasteiger partial charge on any atom is 0.131 e.